The van der Waals surface area contributed by atoms with Crippen LogP contribution in [0.2, 0.25) is 0 Å². The Bertz CT molecular complexity index is 871. The van der Waals surface area contributed by atoms with Gasteiger partial charge in [-0.15, -0.1) is 0 Å². The van der Waals surface area contributed by atoms with Gasteiger partial charge in [0.15, 0.2) is 0 Å². The fourth-order valence-electron chi connectivity index (χ4n) is 3.00. The van der Waals surface area contributed by atoms with Gasteiger partial charge < -0.3 is 10.1 Å². The zero-order valence-electron chi connectivity index (χ0n) is 13.9. The van der Waals surface area contributed by atoms with Gasteiger partial charge in [0.1, 0.15) is 25.0 Å². The molecule has 126 valence electrons. The maximum Gasteiger partial charge on any atom is 0.137 e. The lowest BCUT2D eigenvalue weighted by Crippen LogP contribution is -2.22. The second-order valence-corrected chi connectivity index (χ2v) is 6.09. The predicted octanol–water partition coefficient (Wildman–Crippen LogP) is 2.89. The monoisotopic (exact) mass is 332 g/mol. The van der Waals surface area contributed by atoms with Crippen LogP contribution in [0.25, 0.3) is 6.08 Å². The molecule has 2 heterocycles. The Labute approximate surface area is 147 Å². The molecule has 3 aromatic rings. The van der Waals surface area contributed by atoms with E-state index in [4.69, 9.17) is 4.74 Å². The average molecular weight is 332 g/mol. The number of nitrogens with zero attached hydrogens (tertiary/aromatic N) is 3. The molecule has 0 spiro atoms. The van der Waals surface area contributed by atoms with Gasteiger partial charge >= 0.3 is 0 Å². The van der Waals surface area contributed by atoms with Gasteiger partial charge in [-0.05, 0) is 28.8 Å². The van der Waals surface area contributed by atoms with Gasteiger partial charge in [0.2, 0.25) is 0 Å². The number of hydrogen-bond donors (Lipinski definition) is 1. The lowest BCUT2D eigenvalue weighted by atomic mass is 10.1. The summed E-state index contributed by atoms with van der Waals surface area (Å²) in [6.07, 6.45) is 5.52. The Morgan fingerprint density at radius 3 is 2.72 bits per heavy atom. The molecule has 25 heavy (non-hydrogen) atoms. The molecule has 2 aromatic carbocycles. The number of aromatic nitrogens is 3. The highest BCUT2D eigenvalue weighted by Crippen LogP contribution is 2.25. The van der Waals surface area contributed by atoms with Crippen molar-refractivity contribution in [1.29, 1.82) is 0 Å². The van der Waals surface area contributed by atoms with Crippen molar-refractivity contribution in [3.8, 4) is 5.75 Å². The first-order chi connectivity index (χ1) is 12.4. The van der Waals surface area contributed by atoms with Crippen LogP contribution in [0.5, 0.6) is 5.75 Å². The van der Waals surface area contributed by atoms with Crippen molar-refractivity contribution < 1.29 is 4.74 Å². The van der Waals surface area contributed by atoms with Crippen molar-refractivity contribution in [2.75, 3.05) is 13.2 Å². The fourth-order valence-corrected chi connectivity index (χ4v) is 3.00. The molecule has 1 aliphatic rings. The Morgan fingerprint density at radius 2 is 1.84 bits per heavy atom. The predicted molar refractivity (Wildman–Crippen MR) is 97.2 cm³/mol. The Kier molecular flexibility index (Phi) is 4.57. The summed E-state index contributed by atoms with van der Waals surface area (Å²) in [5, 5.41) is 7.72. The van der Waals surface area contributed by atoms with Gasteiger partial charge in [-0.2, -0.15) is 5.10 Å². The van der Waals surface area contributed by atoms with Crippen molar-refractivity contribution in [2.24, 2.45) is 0 Å². The number of rotatable bonds is 6. The van der Waals surface area contributed by atoms with Gasteiger partial charge in [0.25, 0.3) is 0 Å². The first-order valence-electron chi connectivity index (χ1n) is 8.40. The first-order valence-corrected chi connectivity index (χ1v) is 8.40. The lowest BCUT2D eigenvalue weighted by molar-refractivity contribution is 0.343. The number of benzene rings is 2. The number of para-hydroxylation sites is 1. The van der Waals surface area contributed by atoms with Crippen LogP contribution < -0.4 is 10.1 Å². The fraction of sp³-hybridized carbons (Fsp3) is 0.200. The quantitative estimate of drug-likeness (QED) is 0.754. The van der Waals surface area contributed by atoms with Gasteiger partial charge in [0.05, 0.1) is 6.54 Å². The zero-order valence-corrected chi connectivity index (χ0v) is 13.9. The van der Waals surface area contributed by atoms with Crippen molar-refractivity contribution in [3.05, 3.63) is 83.4 Å². The molecule has 0 saturated heterocycles. The zero-order chi connectivity index (χ0) is 16.9. The minimum Gasteiger partial charge on any atom is -0.489 e. The lowest BCUT2D eigenvalue weighted by Gasteiger charge is -2.18. The summed E-state index contributed by atoms with van der Waals surface area (Å²) < 4.78 is 7.65. The summed E-state index contributed by atoms with van der Waals surface area (Å²) in [7, 11) is 0. The van der Waals surface area contributed by atoms with E-state index in [1.54, 1.807) is 12.7 Å². The second kappa shape index (κ2) is 7.32. The van der Waals surface area contributed by atoms with E-state index in [1.807, 2.05) is 22.9 Å². The molecule has 0 aliphatic carbocycles. The van der Waals surface area contributed by atoms with Crippen molar-refractivity contribution in [3.63, 3.8) is 0 Å². The molecule has 0 fully saturated rings. The van der Waals surface area contributed by atoms with Crippen LogP contribution in [0.1, 0.15) is 16.7 Å². The molecule has 0 amide bonds. The van der Waals surface area contributed by atoms with Crippen molar-refractivity contribution >= 4 is 6.08 Å². The van der Waals surface area contributed by atoms with Gasteiger partial charge in [0, 0.05) is 18.7 Å². The van der Waals surface area contributed by atoms with E-state index < -0.39 is 0 Å². The maximum absolute atomic E-state index is 5.81. The standard InChI is InChI=1S/C20H20N4O/c1-2-7-19(12-24-15-22-14-23-24)18(6-1)11-21-10-16-9-17-5-3-4-8-20(17)25-13-16/h1-9,14-15,21H,10-13H2. The Morgan fingerprint density at radius 1 is 1.00 bits per heavy atom. The molecule has 1 aromatic heterocycles. The summed E-state index contributed by atoms with van der Waals surface area (Å²) in [4.78, 5) is 4.00. The normalized spacial score (nSPS) is 13.0. The number of nitrogens with one attached hydrogen (secondary N) is 1. The number of ether oxygens (including phenoxy) is 1. The Balaban J connectivity index is 1.39. The van der Waals surface area contributed by atoms with Crippen LogP contribution in [0.4, 0.5) is 0 Å². The minimum atomic E-state index is 0.643. The van der Waals surface area contributed by atoms with E-state index in [0.717, 1.165) is 30.9 Å². The number of fused-ring (bicyclic) bond motifs is 1. The van der Waals surface area contributed by atoms with Gasteiger partial charge in [-0.25, -0.2) is 9.67 Å². The third-order valence-corrected chi connectivity index (χ3v) is 4.28. The highest BCUT2D eigenvalue weighted by Gasteiger charge is 2.10. The molecule has 4 rings (SSSR count). The van der Waals surface area contributed by atoms with Crippen LogP contribution in [0.3, 0.4) is 0 Å². The summed E-state index contributed by atoms with van der Waals surface area (Å²) in [6, 6.07) is 16.6. The van der Waals surface area contributed by atoms with Crippen molar-refractivity contribution in [1.82, 2.24) is 20.1 Å². The molecule has 0 unspecified atom stereocenters. The smallest absolute Gasteiger partial charge is 0.137 e. The molecule has 0 atom stereocenters. The van der Waals surface area contributed by atoms with Crippen LogP contribution in [0, 0.1) is 0 Å². The molecular formula is C20H20N4O. The van der Waals surface area contributed by atoms with Crippen LogP contribution in [-0.4, -0.2) is 27.9 Å². The van der Waals surface area contributed by atoms with E-state index in [2.05, 4.69) is 51.8 Å². The molecular weight excluding hydrogens is 312 g/mol. The molecule has 0 saturated carbocycles. The maximum atomic E-state index is 5.81. The molecule has 0 radical (unpaired) electrons. The minimum absolute atomic E-state index is 0.643. The van der Waals surface area contributed by atoms with E-state index >= 15 is 0 Å². The van der Waals surface area contributed by atoms with E-state index in [-0.39, 0.29) is 0 Å². The van der Waals surface area contributed by atoms with Gasteiger partial charge in [-0.3, -0.25) is 0 Å². The van der Waals surface area contributed by atoms with Crippen molar-refractivity contribution in [2.45, 2.75) is 13.1 Å². The van der Waals surface area contributed by atoms with E-state index in [1.165, 1.54) is 16.7 Å². The van der Waals surface area contributed by atoms with Crippen LogP contribution in [-0.2, 0) is 13.1 Å². The first kappa shape index (κ1) is 15.6. The molecule has 1 N–H and O–H groups in total. The topological polar surface area (TPSA) is 52.0 Å². The summed E-state index contributed by atoms with van der Waals surface area (Å²) >= 11 is 0. The highest BCUT2D eigenvalue weighted by atomic mass is 16.5. The largest absolute Gasteiger partial charge is 0.489 e. The van der Waals surface area contributed by atoms with Crippen LogP contribution >= 0.6 is 0 Å². The Hall–Kier alpha value is -2.92. The molecule has 5 nitrogen and oxygen atoms in total. The van der Waals surface area contributed by atoms with Gasteiger partial charge in [-0.1, -0.05) is 42.5 Å². The number of hydrogen-bond acceptors (Lipinski definition) is 4. The van der Waals surface area contributed by atoms with E-state index in [9.17, 15) is 0 Å². The summed E-state index contributed by atoms with van der Waals surface area (Å²) in [5.41, 5.74) is 4.93. The summed E-state index contributed by atoms with van der Waals surface area (Å²) in [6.45, 7) is 3.00. The SMILES string of the molecule is C1=C(CNCc2ccccc2Cn2cncn2)COc2ccccc21. The third-order valence-electron chi connectivity index (χ3n) is 4.28. The van der Waals surface area contributed by atoms with E-state index in [0.29, 0.717) is 6.61 Å². The third kappa shape index (κ3) is 3.78. The second-order valence-electron chi connectivity index (χ2n) is 6.09. The summed E-state index contributed by atoms with van der Waals surface area (Å²) in [5.74, 6) is 0.962. The average Bonchev–Trinajstić information content (AvgIpc) is 3.16. The highest BCUT2D eigenvalue weighted by molar-refractivity contribution is 5.62. The molecule has 0 bridgehead atoms. The molecule has 1 aliphatic heterocycles. The molecule has 5 heteroatoms. The van der Waals surface area contributed by atoms with Crippen LogP contribution in [0.15, 0.2) is 66.8 Å².